The van der Waals surface area contributed by atoms with Crippen molar-refractivity contribution >= 4 is 18.1 Å². The first-order chi connectivity index (χ1) is 10.8. The zero-order chi connectivity index (χ0) is 17.2. The number of carbonyl (C=O) groups excluding carboxylic acids is 2. The van der Waals surface area contributed by atoms with Gasteiger partial charge in [-0.25, -0.2) is 0 Å². The number of fused-ring (bicyclic) bond motifs is 1. The second-order valence-corrected chi connectivity index (χ2v) is 6.79. The van der Waals surface area contributed by atoms with Gasteiger partial charge in [0.05, 0.1) is 17.2 Å². The van der Waals surface area contributed by atoms with Crippen LogP contribution in [0.3, 0.4) is 0 Å². The molecule has 1 aromatic carbocycles. The smallest absolute Gasteiger partial charge is 0.316 e. The van der Waals surface area contributed by atoms with Crippen LogP contribution in [0, 0.1) is 5.41 Å². The molecule has 0 bridgehead atoms. The summed E-state index contributed by atoms with van der Waals surface area (Å²) in [5.41, 5.74) is 1.37. The van der Waals surface area contributed by atoms with Gasteiger partial charge >= 0.3 is 5.97 Å². The second kappa shape index (κ2) is 6.68. The molecule has 0 fully saturated rings. The molecule has 0 saturated heterocycles. The van der Waals surface area contributed by atoms with Crippen molar-refractivity contribution in [1.82, 2.24) is 5.32 Å². The Balaban J connectivity index is 2.43. The van der Waals surface area contributed by atoms with Crippen LogP contribution < -0.4 is 15.4 Å². The van der Waals surface area contributed by atoms with Crippen LogP contribution in [0.25, 0.3) is 0 Å². The molecule has 1 amide bonds. The third kappa shape index (κ3) is 3.54. The van der Waals surface area contributed by atoms with Gasteiger partial charge < -0.3 is 20.5 Å². The zero-order valence-electron chi connectivity index (χ0n) is 14.0. The largest absolute Gasteiger partial charge is 0.424 e. The maximum absolute atomic E-state index is 12.1. The van der Waals surface area contributed by atoms with E-state index < -0.39 is 11.5 Å². The summed E-state index contributed by atoms with van der Waals surface area (Å²) in [5, 5.41) is 16.1. The summed E-state index contributed by atoms with van der Waals surface area (Å²) in [5.74, 6) is -0.0678. The Hall–Kier alpha value is -1.92. The number of carbonyl (C=O) groups is 2. The Labute approximate surface area is 136 Å². The first-order valence-corrected chi connectivity index (χ1v) is 7.73. The predicted molar refractivity (Wildman–Crippen MR) is 87.3 cm³/mol. The quantitative estimate of drug-likeness (QED) is 0.447. The van der Waals surface area contributed by atoms with Crippen LogP contribution in [0.15, 0.2) is 12.1 Å². The molecule has 1 aliphatic carbocycles. The summed E-state index contributed by atoms with van der Waals surface area (Å²) in [6.45, 7) is 5.30. The van der Waals surface area contributed by atoms with E-state index in [1.165, 1.54) is 0 Å². The van der Waals surface area contributed by atoms with E-state index in [1.807, 2.05) is 7.05 Å². The highest BCUT2D eigenvalue weighted by molar-refractivity contribution is 5.84. The highest BCUT2D eigenvalue weighted by Gasteiger charge is 2.31. The Kier molecular flexibility index (Phi) is 5.06. The summed E-state index contributed by atoms with van der Waals surface area (Å²) in [6, 6.07) is 3.34. The lowest BCUT2D eigenvalue weighted by Gasteiger charge is -2.31. The number of rotatable bonds is 4. The first-order valence-electron chi connectivity index (χ1n) is 7.73. The Bertz CT molecular complexity index is 607. The number of aliphatic hydroxyl groups is 1. The van der Waals surface area contributed by atoms with E-state index in [9.17, 15) is 14.7 Å². The van der Waals surface area contributed by atoms with Crippen molar-refractivity contribution < 1.29 is 19.4 Å². The number of ether oxygens (including phenoxy) is 1. The van der Waals surface area contributed by atoms with Crippen molar-refractivity contribution in [2.75, 3.05) is 12.4 Å². The van der Waals surface area contributed by atoms with Gasteiger partial charge in [0.2, 0.25) is 6.41 Å². The molecule has 6 nitrogen and oxygen atoms in total. The number of anilines is 1. The fraction of sp³-hybridized carbons (Fsp3) is 0.529. The molecule has 0 radical (unpaired) electrons. The van der Waals surface area contributed by atoms with Gasteiger partial charge in [-0.05, 0) is 57.9 Å². The fourth-order valence-corrected chi connectivity index (χ4v) is 2.72. The molecular formula is C17H24N2O4. The lowest BCUT2D eigenvalue weighted by Crippen LogP contribution is -2.36. The van der Waals surface area contributed by atoms with Crippen LogP contribution in [-0.2, 0) is 16.0 Å². The summed E-state index contributed by atoms with van der Waals surface area (Å²) < 4.78 is 5.46. The van der Waals surface area contributed by atoms with E-state index in [2.05, 4.69) is 10.6 Å². The van der Waals surface area contributed by atoms with Crippen molar-refractivity contribution in [2.24, 2.45) is 5.41 Å². The number of amides is 1. The molecule has 0 heterocycles. The number of likely N-dealkylation sites (N-methyl/N-ethyl adjacent to an activating group) is 1. The van der Waals surface area contributed by atoms with Gasteiger partial charge in [0.15, 0.2) is 5.75 Å². The Morgan fingerprint density at radius 1 is 1.39 bits per heavy atom. The van der Waals surface area contributed by atoms with E-state index in [1.54, 1.807) is 32.9 Å². The lowest BCUT2D eigenvalue weighted by atomic mass is 9.84. The van der Waals surface area contributed by atoms with Gasteiger partial charge in [0.1, 0.15) is 0 Å². The number of hydrogen-bond acceptors (Lipinski definition) is 5. The summed E-state index contributed by atoms with van der Waals surface area (Å²) in [7, 11) is 1.81. The van der Waals surface area contributed by atoms with E-state index >= 15 is 0 Å². The van der Waals surface area contributed by atoms with E-state index in [0.29, 0.717) is 24.3 Å². The molecule has 2 unspecified atom stereocenters. The average Bonchev–Trinajstić information content (AvgIpc) is 2.49. The van der Waals surface area contributed by atoms with Gasteiger partial charge in [-0.1, -0.05) is 6.07 Å². The SMILES string of the molecule is CNC1CCc2c(ccc(OC(=O)C(C)(C)C)c2NC=O)C1O. The molecule has 2 rings (SSSR count). The van der Waals surface area contributed by atoms with Gasteiger partial charge in [-0.15, -0.1) is 0 Å². The van der Waals surface area contributed by atoms with Crippen molar-refractivity contribution in [3.8, 4) is 5.75 Å². The molecule has 126 valence electrons. The minimum absolute atomic E-state index is 0.0328. The van der Waals surface area contributed by atoms with Crippen molar-refractivity contribution in [1.29, 1.82) is 0 Å². The maximum atomic E-state index is 12.1. The molecular weight excluding hydrogens is 296 g/mol. The normalized spacial score (nSPS) is 20.6. The van der Waals surface area contributed by atoms with Crippen molar-refractivity contribution in [2.45, 2.75) is 45.8 Å². The number of hydrogen-bond donors (Lipinski definition) is 3. The lowest BCUT2D eigenvalue weighted by molar-refractivity contribution is -0.142. The molecule has 0 spiro atoms. The van der Waals surface area contributed by atoms with Crippen LogP contribution in [0.4, 0.5) is 5.69 Å². The van der Waals surface area contributed by atoms with Gasteiger partial charge in [0.25, 0.3) is 0 Å². The Morgan fingerprint density at radius 2 is 2.09 bits per heavy atom. The van der Waals surface area contributed by atoms with Crippen LogP contribution in [0.1, 0.15) is 44.4 Å². The number of benzene rings is 1. The third-order valence-electron chi connectivity index (χ3n) is 4.11. The monoisotopic (exact) mass is 320 g/mol. The third-order valence-corrected chi connectivity index (χ3v) is 4.11. The van der Waals surface area contributed by atoms with Crippen molar-refractivity contribution in [3.63, 3.8) is 0 Å². The van der Waals surface area contributed by atoms with Crippen LogP contribution >= 0.6 is 0 Å². The molecule has 0 aliphatic heterocycles. The minimum atomic E-state index is -0.664. The zero-order valence-corrected chi connectivity index (χ0v) is 14.0. The van der Waals surface area contributed by atoms with Gasteiger partial charge in [-0.3, -0.25) is 9.59 Å². The molecule has 3 N–H and O–H groups in total. The predicted octanol–water partition coefficient (Wildman–Crippen LogP) is 1.77. The van der Waals surface area contributed by atoms with Crippen LogP contribution in [0.5, 0.6) is 5.75 Å². The standard InChI is InChI=1S/C17H24N2O4/c1-17(2,3)16(22)23-13-8-6-11-10(14(13)19-9-20)5-7-12(18-4)15(11)21/h6,8-9,12,15,18,21H,5,7H2,1-4H3,(H,19,20). The molecule has 23 heavy (non-hydrogen) atoms. The number of aliphatic hydroxyl groups excluding tert-OH is 1. The topological polar surface area (TPSA) is 87.7 Å². The summed E-state index contributed by atoms with van der Waals surface area (Å²) >= 11 is 0. The van der Waals surface area contributed by atoms with Gasteiger partial charge in [-0.2, -0.15) is 0 Å². The van der Waals surface area contributed by atoms with Gasteiger partial charge in [0, 0.05) is 6.04 Å². The number of esters is 1. The summed E-state index contributed by atoms with van der Waals surface area (Å²) in [6.07, 6.45) is 1.30. The van der Waals surface area contributed by atoms with Crippen LogP contribution in [-0.4, -0.2) is 30.6 Å². The van der Waals surface area contributed by atoms with Crippen LogP contribution in [0.2, 0.25) is 0 Å². The van der Waals surface area contributed by atoms with Crippen molar-refractivity contribution in [3.05, 3.63) is 23.3 Å². The van der Waals surface area contributed by atoms with E-state index in [0.717, 1.165) is 17.5 Å². The molecule has 1 aromatic rings. The highest BCUT2D eigenvalue weighted by Crippen LogP contribution is 2.40. The first kappa shape index (κ1) is 17.4. The molecule has 6 heteroatoms. The highest BCUT2D eigenvalue weighted by atomic mass is 16.5. The van der Waals surface area contributed by atoms with E-state index in [4.69, 9.17) is 4.74 Å². The summed E-state index contributed by atoms with van der Waals surface area (Å²) in [4.78, 5) is 23.1. The molecule has 2 atom stereocenters. The molecule has 0 saturated carbocycles. The number of nitrogens with one attached hydrogen (secondary N) is 2. The minimum Gasteiger partial charge on any atom is -0.424 e. The maximum Gasteiger partial charge on any atom is 0.316 e. The fourth-order valence-electron chi connectivity index (χ4n) is 2.72. The van der Waals surface area contributed by atoms with E-state index in [-0.39, 0.29) is 12.0 Å². The Morgan fingerprint density at radius 3 is 2.65 bits per heavy atom. The molecule has 0 aromatic heterocycles. The average molecular weight is 320 g/mol. The molecule has 1 aliphatic rings. The second-order valence-electron chi connectivity index (χ2n) is 6.79.